The van der Waals surface area contributed by atoms with Crippen LogP contribution in [0.25, 0.3) is 0 Å². The van der Waals surface area contributed by atoms with Gasteiger partial charge in [-0.1, -0.05) is 66.5 Å². The van der Waals surface area contributed by atoms with Crippen LogP contribution in [-0.2, 0) is 26.2 Å². The number of anilines is 1. The Labute approximate surface area is 247 Å². The lowest BCUT2D eigenvalue weighted by Gasteiger charge is -2.35. The highest BCUT2D eigenvalue weighted by atomic mass is 35.5. The van der Waals surface area contributed by atoms with Gasteiger partial charge in [-0.05, 0) is 81.6 Å². The van der Waals surface area contributed by atoms with E-state index in [1.807, 2.05) is 27.7 Å². The third-order valence-corrected chi connectivity index (χ3v) is 8.46. The molecule has 0 aliphatic rings. The molecule has 0 aromatic heterocycles. The molecule has 0 aliphatic carbocycles. The van der Waals surface area contributed by atoms with Crippen molar-refractivity contribution < 1.29 is 18.0 Å². The molecule has 0 spiro atoms. The Morgan fingerprint density at radius 3 is 2.10 bits per heavy atom. The highest BCUT2D eigenvalue weighted by molar-refractivity contribution is 7.92. The van der Waals surface area contributed by atoms with Crippen LogP contribution in [0.2, 0.25) is 10.0 Å². The van der Waals surface area contributed by atoms with Crippen LogP contribution in [0.3, 0.4) is 0 Å². The maximum absolute atomic E-state index is 14.1. The molecule has 2 amide bonds. The molecule has 40 heavy (non-hydrogen) atoms. The topological polar surface area (TPSA) is 86.8 Å². The number of amides is 2. The molecule has 1 N–H and O–H groups in total. The minimum Gasteiger partial charge on any atom is -0.350 e. The van der Waals surface area contributed by atoms with Gasteiger partial charge in [0.25, 0.3) is 10.0 Å². The molecule has 0 heterocycles. The molecule has 3 aromatic rings. The fourth-order valence-electron chi connectivity index (χ4n) is 4.24. The lowest BCUT2D eigenvalue weighted by Crippen LogP contribution is -2.55. The molecule has 0 fully saturated rings. The Hall–Kier alpha value is -3.07. The van der Waals surface area contributed by atoms with Crippen LogP contribution < -0.4 is 9.62 Å². The number of nitrogens with one attached hydrogen (secondary N) is 1. The zero-order valence-electron chi connectivity index (χ0n) is 23.3. The molecule has 3 aromatic carbocycles. The maximum atomic E-state index is 14.1. The third-order valence-electron chi connectivity index (χ3n) is 6.20. The van der Waals surface area contributed by atoms with Gasteiger partial charge >= 0.3 is 0 Å². The number of hydrogen-bond donors (Lipinski definition) is 1. The fourth-order valence-corrected chi connectivity index (χ4v) is 6.03. The number of hydrogen-bond acceptors (Lipinski definition) is 4. The number of rotatable bonds is 10. The van der Waals surface area contributed by atoms with Gasteiger partial charge in [0.2, 0.25) is 11.8 Å². The van der Waals surface area contributed by atoms with Gasteiger partial charge in [-0.2, -0.15) is 0 Å². The molecule has 0 saturated carbocycles. The summed E-state index contributed by atoms with van der Waals surface area (Å²) >= 11 is 12.3. The maximum Gasteiger partial charge on any atom is 0.264 e. The van der Waals surface area contributed by atoms with Gasteiger partial charge in [0, 0.05) is 22.1 Å². The first-order valence-electron chi connectivity index (χ1n) is 12.9. The van der Waals surface area contributed by atoms with Crippen molar-refractivity contribution in [2.75, 3.05) is 10.8 Å². The number of benzene rings is 3. The molecule has 0 radical (unpaired) electrons. The molecular weight excluding hydrogens is 569 g/mol. The van der Waals surface area contributed by atoms with Crippen LogP contribution in [0, 0.1) is 6.92 Å². The second-order valence-corrected chi connectivity index (χ2v) is 13.3. The summed E-state index contributed by atoms with van der Waals surface area (Å²) < 4.78 is 28.9. The van der Waals surface area contributed by atoms with Crippen molar-refractivity contribution >= 4 is 50.7 Å². The Morgan fingerprint density at radius 2 is 1.52 bits per heavy atom. The first-order chi connectivity index (χ1) is 18.7. The van der Waals surface area contributed by atoms with Crippen LogP contribution in [0.1, 0.15) is 45.2 Å². The van der Waals surface area contributed by atoms with Crippen LogP contribution in [-0.4, -0.2) is 43.3 Å². The van der Waals surface area contributed by atoms with Gasteiger partial charge in [0.05, 0.1) is 10.6 Å². The standard InChI is InChI=1S/C30H35Cl2N3O4S/c1-6-26(29(37)33-30(3,4)5)34(19-22-13-16-23(31)17-14-22)28(36)20-35(27-18-24(32)15-12-21(27)2)40(38,39)25-10-8-7-9-11-25/h7-18,26H,6,19-20H2,1-5H3,(H,33,37). The van der Waals surface area contributed by atoms with E-state index in [9.17, 15) is 18.0 Å². The Kier molecular flexibility index (Phi) is 10.3. The van der Waals surface area contributed by atoms with E-state index in [1.54, 1.807) is 61.5 Å². The largest absolute Gasteiger partial charge is 0.350 e. The number of aryl methyl sites for hydroxylation is 1. The van der Waals surface area contributed by atoms with E-state index < -0.39 is 34.1 Å². The van der Waals surface area contributed by atoms with E-state index in [1.165, 1.54) is 23.1 Å². The first kappa shape index (κ1) is 31.5. The van der Waals surface area contributed by atoms with Crippen molar-refractivity contribution in [1.82, 2.24) is 10.2 Å². The second kappa shape index (κ2) is 13.1. The lowest BCUT2D eigenvalue weighted by molar-refractivity contribution is -0.141. The Bertz CT molecular complexity index is 1440. The SMILES string of the molecule is CCC(C(=O)NC(C)(C)C)N(Cc1ccc(Cl)cc1)C(=O)CN(c1cc(Cl)ccc1C)S(=O)(=O)c1ccccc1. The van der Waals surface area contributed by atoms with Crippen molar-refractivity contribution in [3.05, 3.63) is 94.0 Å². The number of carbonyl (C=O) groups is 2. The summed E-state index contributed by atoms with van der Waals surface area (Å²) in [5.41, 5.74) is 1.12. The lowest BCUT2D eigenvalue weighted by atomic mass is 10.1. The van der Waals surface area contributed by atoms with Crippen molar-refractivity contribution in [1.29, 1.82) is 0 Å². The van der Waals surface area contributed by atoms with Crippen molar-refractivity contribution in [3.8, 4) is 0 Å². The summed E-state index contributed by atoms with van der Waals surface area (Å²) in [5, 5.41) is 3.82. The van der Waals surface area contributed by atoms with Crippen LogP contribution in [0.15, 0.2) is 77.7 Å². The van der Waals surface area contributed by atoms with E-state index in [2.05, 4.69) is 5.32 Å². The summed E-state index contributed by atoms with van der Waals surface area (Å²) in [7, 11) is -4.17. The highest BCUT2D eigenvalue weighted by Crippen LogP contribution is 2.30. The summed E-state index contributed by atoms with van der Waals surface area (Å²) in [6.07, 6.45) is 0.322. The molecule has 0 aliphatic heterocycles. The molecular formula is C30H35Cl2N3O4S. The monoisotopic (exact) mass is 603 g/mol. The van der Waals surface area contributed by atoms with Crippen molar-refractivity contribution in [3.63, 3.8) is 0 Å². The predicted molar refractivity (Wildman–Crippen MR) is 161 cm³/mol. The molecule has 214 valence electrons. The first-order valence-corrected chi connectivity index (χ1v) is 15.1. The molecule has 0 bridgehead atoms. The predicted octanol–water partition coefficient (Wildman–Crippen LogP) is 6.22. The molecule has 10 heteroatoms. The Morgan fingerprint density at radius 1 is 0.925 bits per heavy atom. The van der Waals surface area contributed by atoms with E-state index in [0.29, 0.717) is 22.0 Å². The van der Waals surface area contributed by atoms with Gasteiger partial charge in [0.1, 0.15) is 12.6 Å². The fraction of sp³-hybridized carbons (Fsp3) is 0.333. The Balaban J connectivity index is 2.10. The van der Waals surface area contributed by atoms with Crippen LogP contribution in [0.5, 0.6) is 0 Å². The third kappa shape index (κ3) is 7.99. The van der Waals surface area contributed by atoms with Crippen LogP contribution >= 0.6 is 23.2 Å². The zero-order chi connectivity index (χ0) is 29.7. The number of nitrogens with zero attached hydrogens (tertiary/aromatic N) is 2. The van der Waals surface area contributed by atoms with Crippen molar-refractivity contribution in [2.45, 2.75) is 64.1 Å². The normalized spacial score (nSPS) is 12.5. The molecule has 0 saturated heterocycles. The zero-order valence-corrected chi connectivity index (χ0v) is 25.6. The highest BCUT2D eigenvalue weighted by Gasteiger charge is 2.35. The smallest absolute Gasteiger partial charge is 0.264 e. The van der Waals surface area contributed by atoms with E-state index >= 15 is 0 Å². The summed E-state index contributed by atoms with van der Waals surface area (Å²) in [4.78, 5) is 29.0. The number of halogens is 2. The van der Waals surface area contributed by atoms with Gasteiger partial charge in [-0.25, -0.2) is 8.42 Å². The number of carbonyl (C=O) groups excluding carboxylic acids is 2. The minimum atomic E-state index is -4.17. The summed E-state index contributed by atoms with van der Waals surface area (Å²) in [6.45, 7) is 8.69. The van der Waals surface area contributed by atoms with Gasteiger partial charge in [-0.15, -0.1) is 0 Å². The average molecular weight is 605 g/mol. The minimum absolute atomic E-state index is 0.0314. The molecule has 7 nitrogen and oxygen atoms in total. The summed E-state index contributed by atoms with van der Waals surface area (Å²) in [6, 6.07) is 18.9. The van der Waals surface area contributed by atoms with Gasteiger partial charge in [-0.3, -0.25) is 13.9 Å². The molecule has 1 atom stereocenters. The number of sulfonamides is 1. The summed E-state index contributed by atoms with van der Waals surface area (Å²) in [5.74, 6) is -0.863. The quantitative estimate of drug-likeness (QED) is 0.298. The van der Waals surface area contributed by atoms with Crippen LogP contribution in [0.4, 0.5) is 5.69 Å². The van der Waals surface area contributed by atoms with Crippen molar-refractivity contribution in [2.24, 2.45) is 0 Å². The van der Waals surface area contributed by atoms with E-state index in [4.69, 9.17) is 23.2 Å². The van der Waals surface area contributed by atoms with E-state index in [0.717, 1.165) is 9.87 Å². The van der Waals surface area contributed by atoms with Gasteiger partial charge < -0.3 is 10.2 Å². The second-order valence-electron chi connectivity index (χ2n) is 10.6. The molecule has 1 unspecified atom stereocenters. The van der Waals surface area contributed by atoms with E-state index in [-0.39, 0.29) is 23.0 Å². The molecule has 3 rings (SSSR count). The van der Waals surface area contributed by atoms with Gasteiger partial charge in [0.15, 0.2) is 0 Å². The average Bonchev–Trinajstić information content (AvgIpc) is 2.89.